The standard InChI is InChI=1S/C11H17N3O3S/c1-11(5-7-17-8-11)14-18(15,16)10-9(12-2)4-3-6-13-10/h3-4,6,12,14H,5,7-8H2,1-2H3. The van der Waals surface area contributed by atoms with Crippen molar-refractivity contribution >= 4 is 15.7 Å². The van der Waals surface area contributed by atoms with E-state index in [1.165, 1.54) is 6.20 Å². The van der Waals surface area contributed by atoms with Gasteiger partial charge in [0, 0.05) is 19.9 Å². The zero-order chi connectivity index (χ0) is 13.2. The summed E-state index contributed by atoms with van der Waals surface area (Å²) in [5, 5.41) is 2.84. The highest BCUT2D eigenvalue weighted by Gasteiger charge is 2.35. The first kappa shape index (κ1) is 13.3. The Kier molecular flexibility index (Phi) is 3.56. The van der Waals surface area contributed by atoms with E-state index >= 15 is 0 Å². The molecule has 2 heterocycles. The average molecular weight is 271 g/mol. The van der Waals surface area contributed by atoms with Crippen LogP contribution in [0, 0.1) is 0 Å². The van der Waals surface area contributed by atoms with E-state index in [1.54, 1.807) is 19.2 Å². The smallest absolute Gasteiger partial charge is 0.260 e. The second-order valence-electron chi connectivity index (χ2n) is 4.57. The molecule has 0 saturated carbocycles. The molecule has 1 aliphatic heterocycles. The van der Waals surface area contributed by atoms with E-state index < -0.39 is 15.6 Å². The van der Waals surface area contributed by atoms with E-state index in [0.717, 1.165) is 0 Å². The number of hydrogen-bond acceptors (Lipinski definition) is 5. The van der Waals surface area contributed by atoms with Crippen LogP contribution in [0.3, 0.4) is 0 Å². The summed E-state index contributed by atoms with van der Waals surface area (Å²) in [6.07, 6.45) is 2.12. The fraction of sp³-hybridized carbons (Fsp3) is 0.545. The number of rotatable bonds is 4. The van der Waals surface area contributed by atoms with E-state index in [0.29, 0.717) is 25.3 Å². The van der Waals surface area contributed by atoms with Crippen LogP contribution in [0.4, 0.5) is 5.69 Å². The number of nitrogens with zero attached hydrogens (tertiary/aromatic N) is 1. The number of hydrogen-bond donors (Lipinski definition) is 2. The van der Waals surface area contributed by atoms with E-state index in [1.807, 2.05) is 6.92 Å². The van der Waals surface area contributed by atoms with E-state index in [4.69, 9.17) is 4.74 Å². The minimum atomic E-state index is -3.65. The molecule has 1 saturated heterocycles. The van der Waals surface area contributed by atoms with Crippen LogP contribution in [0.15, 0.2) is 23.4 Å². The molecule has 0 amide bonds. The summed E-state index contributed by atoms with van der Waals surface area (Å²) >= 11 is 0. The van der Waals surface area contributed by atoms with E-state index in [-0.39, 0.29) is 5.03 Å². The summed E-state index contributed by atoms with van der Waals surface area (Å²) < 4.78 is 32.5. The van der Waals surface area contributed by atoms with Crippen molar-refractivity contribution in [2.75, 3.05) is 25.6 Å². The fourth-order valence-corrected chi connectivity index (χ4v) is 3.48. The Morgan fingerprint density at radius 3 is 2.89 bits per heavy atom. The van der Waals surface area contributed by atoms with Gasteiger partial charge in [-0.15, -0.1) is 0 Å². The third kappa shape index (κ3) is 2.63. The van der Waals surface area contributed by atoms with Crippen molar-refractivity contribution in [3.05, 3.63) is 18.3 Å². The Morgan fingerprint density at radius 2 is 2.28 bits per heavy atom. The van der Waals surface area contributed by atoms with Gasteiger partial charge < -0.3 is 10.1 Å². The third-order valence-electron chi connectivity index (χ3n) is 2.89. The Hall–Kier alpha value is -1.18. The largest absolute Gasteiger partial charge is 0.386 e. The molecule has 2 N–H and O–H groups in total. The highest BCUT2D eigenvalue weighted by atomic mass is 32.2. The van der Waals surface area contributed by atoms with Crippen molar-refractivity contribution in [3.63, 3.8) is 0 Å². The first-order valence-electron chi connectivity index (χ1n) is 5.71. The average Bonchev–Trinajstić information content (AvgIpc) is 2.74. The molecule has 0 radical (unpaired) electrons. The molecular weight excluding hydrogens is 254 g/mol. The molecule has 2 rings (SSSR count). The lowest BCUT2D eigenvalue weighted by molar-refractivity contribution is 0.178. The van der Waals surface area contributed by atoms with Gasteiger partial charge >= 0.3 is 0 Å². The lowest BCUT2D eigenvalue weighted by atomic mass is 10.0. The summed E-state index contributed by atoms with van der Waals surface area (Å²) in [4.78, 5) is 3.94. The maximum absolute atomic E-state index is 12.3. The van der Waals surface area contributed by atoms with Gasteiger partial charge in [0.05, 0.1) is 17.8 Å². The van der Waals surface area contributed by atoms with Crippen LogP contribution in [0.25, 0.3) is 0 Å². The second-order valence-corrected chi connectivity index (χ2v) is 6.17. The van der Waals surface area contributed by atoms with Crippen molar-refractivity contribution in [3.8, 4) is 0 Å². The van der Waals surface area contributed by atoms with Gasteiger partial charge in [-0.3, -0.25) is 0 Å². The van der Waals surface area contributed by atoms with Crippen LogP contribution >= 0.6 is 0 Å². The predicted octanol–water partition coefficient (Wildman–Crippen LogP) is 0.581. The molecule has 0 spiro atoms. The monoisotopic (exact) mass is 271 g/mol. The number of nitrogens with one attached hydrogen (secondary N) is 2. The second kappa shape index (κ2) is 4.83. The molecule has 0 aliphatic carbocycles. The van der Waals surface area contributed by atoms with Crippen LogP contribution < -0.4 is 10.0 Å². The summed E-state index contributed by atoms with van der Waals surface area (Å²) in [5.41, 5.74) is -0.0750. The Balaban J connectivity index is 2.30. The lowest BCUT2D eigenvalue weighted by Gasteiger charge is -2.23. The lowest BCUT2D eigenvalue weighted by Crippen LogP contribution is -2.46. The molecule has 6 nitrogen and oxygen atoms in total. The van der Waals surface area contributed by atoms with Crippen molar-refractivity contribution in [2.45, 2.75) is 23.9 Å². The zero-order valence-corrected chi connectivity index (χ0v) is 11.3. The Labute approximate surface area is 107 Å². The number of aromatic nitrogens is 1. The van der Waals surface area contributed by atoms with E-state index in [2.05, 4.69) is 15.0 Å². The molecule has 1 fully saturated rings. The Bertz CT molecular complexity index is 524. The van der Waals surface area contributed by atoms with E-state index in [9.17, 15) is 8.42 Å². The Morgan fingerprint density at radius 1 is 1.50 bits per heavy atom. The van der Waals surface area contributed by atoms with Gasteiger partial charge in [-0.05, 0) is 25.5 Å². The van der Waals surface area contributed by atoms with Crippen molar-refractivity contribution in [1.29, 1.82) is 0 Å². The number of sulfonamides is 1. The number of ether oxygens (including phenoxy) is 1. The predicted molar refractivity (Wildman–Crippen MR) is 67.9 cm³/mol. The van der Waals surface area contributed by atoms with Gasteiger partial charge in [0.15, 0.2) is 5.03 Å². The quantitative estimate of drug-likeness (QED) is 0.837. The first-order valence-corrected chi connectivity index (χ1v) is 7.20. The van der Waals surface area contributed by atoms with Crippen molar-refractivity contribution in [1.82, 2.24) is 9.71 Å². The van der Waals surface area contributed by atoms with Crippen LogP contribution in [0.5, 0.6) is 0 Å². The molecule has 7 heteroatoms. The summed E-state index contributed by atoms with van der Waals surface area (Å²) in [5.74, 6) is 0. The van der Waals surface area contributed by atoms with Gasteiger partial charge in [-0.2, -0.15) is 0 Å². The van der Waals surface area contributed by atoms with Gasteiger partial charge in [0.25, 0.3) is 10.0 Å². The molecular formula is C11H17N3O3S. The van der Waals surface area contributed by atoms with Gasteiger partial charge in [0.1, 0.15) is 0 Å². The van der Waals surface area contributed by atoms with Crippen LogP contribution in [0.2, 0.25) is 0 Å². The van der Waals surface area contributed by atoms with Crippen LogP contribution in [-0.4, -0.2) is 39.2 Å². The minimum Gasteiger partial charge on any atom is -0.386 e. The van der Waals surface area contributed by atoms with Gasteiger partial charge in [-0.1, -0.05) is 0 Å². The number of pyridine rings is 1. The van der Waals surface area contributed by atoms with Crippen molar-refractivity contribution in [2.24, 2.45) is 0 Å². The highest BCUT2D eigenvalue weighted by molar-refractivity contribution is 7.89. The summed E-state index contributed by atoms with van der Waals surface area (Å²) in [7, 11) is -1.99. The molecule has 0 bridgehead atoms. The number of anilines is 1. The molecule has 1 unspecified atom stereocenters. The topological polar surface area (TPSA) is 80.3 Å². The summed E-state index contributed by atoms with van der Waals surface area (Å²) in [6, 6.07) is 3.36. The van der Waals surface area contributed by atoms with Crippen LogP contribution in [0.1, 0.15) is 13.3 Å². The molecule has 1 aliphatic rings. The summed E-state index contributed by atoms with van der Waals surface area (Å²) in [6.45, 7) is 2.79. The fourth-order valence-electron chi connectivity index (χ4n) is 1.92. The van der Waals surface area contributed by atoms with Crippen molar-refractivity contribution < 1.29 is 13.2 Å². The molecule has 18 heavy (non-hydrogen) atoms. The highest BCUT2D eigenvalue weighted by Crippen LogP contribution is 2.23. The maximum Gasteiger partial charge on any atom is 0.260 e. The van der Waals surface area contributed by atoms with Gasteiger partial charge in [0.2, 0.25) is 0 Å². The molecule has 1 aromatic heterocycles. The molecule has 1 atom stereocenters. The third-order valence-corrected chi connectivity index (χ3v) is 4.49. The first-order chi connectivity index (χ1) is 8.47. The molecule has 0 aromatic carbocycles. The zero-order valence-electron chi connectivity index (χ0n) is 10.4. The normalized spacial score (nSPS) is 24.1. The van der Waals surface area contributed by atoms with Gasteiger partial charge in [-0.25, -0.2) is 18.1 Å². The SMILES string of the molecule is CNc1cccnc1S(=O)(=O)NC1(C)CCOC1. The molecule has 1 aromatic rings. The minimum absolute atomic E-state index is 0.0145. The maximum atomic E-state index is 12.3. The molecule has 100 valence electrons. The van der Waals surface area contributed by atoms with Crippen LogP contribution in [-0.2, 0) is 14.8 Å².